The molecule has 3 nitrogen and oxygen atoms in total. The van der Waals surface area contributed by atoms with Gasteiger partial charge in [-0.05, 0) is 47.9 Å². The summed E-state index contributed by atoms with van der Waals surface area (Å²) in [6.07, 6.45) is 1.48. The van der Waals surface area contributed by atoms with Crippen molar-refractivity contribution in [3.05, 3.63) is 52.8 Å². The Kier molecular flexibility index (Phi) is 3.11. The SMILES string of the molecule is Cc1cc(Cl)cc(-c2ccnc(C(=O)O)c2)c1. The van der Waals surface area contributed by atoms with Gasteiger partial charge < -0.3 is 5.11 Å². The summed E-state index contributed by atoms with van der Waals surface area (Å²) in [5.41, 5.74) is 2.74. The zero-order valence-electron chi connectivity index (χ0n) is 9.14. The van der Waals surface area contributed by atoms with Gasteiger partial charge in [-0.1, -0.05) is 17.7 Å². The van der Waals surface area contributed by atoms with Gasteiger partial charge in [0.1, 0.15) is 5.69 Å². The molecule has 1 aromatic carbocycles. The van der Waals surface area contributed by atoms with E-state index in [9.17, 15) is 4.79 Å². The highest BCUT2D eigenvalue weighted by Crippen LogP contribution is 2.24. The number of aryl methyl sites for hydroxylation is 1. The maximum Gasteiger partial charge on any atom is 0.354 e. The van der Waals surface area contributed by atoms with Crippen LogP contribution in [0.4, 0.5) is 0 Å². The molecule has 17 heavy (non-hydrogen) atoms. The van der Waals surface area contributed by atoms with Crippen LogP contribution >= 0.6 is 11.6 Å². The molecule has 0 saturated heterocycles. The number of halogens is 1. The second-order valence-corrected chi connectivity index (χ2v) is 4.19. The van der Waals surface area contributed by atoms with Crippen molar-refractivity contribution in [2.75, 3.05) is 0 Å². The number of pyridine rings is 1. The Hall–Kier alpha value is -1.87. The van der Waals surface area contributed by atoms with Crippen LogP contribution in [0.25, 0.3) is 11.1 Å². The van der Waals surface area contributed by atoms with E-state index in [0.717, 1.165) is 16.7 Å². The second kappa shape index (κ2) is 4.55. The molecule has 0 aliphatic heterocycles. The fraction of sp³-hybridized carbons (Fsp3) is 0.0769. The summed E-state index contributed by atoms with van der Waals surface area (Å²) in [6.45, 7) is 1.94. The molecule has 0 aliphatic rings. The lowest BCUT2D eigenvalue weighted by Gasteiger charge is -2.05. The smallest absolute Gasteiger partial charge is 0.354 e. The Morgan fingerprint density at radius 3 is 2.65 bits per heavy atom. The van der Waals surface area contributed by atoms with E-state index in [4.69, 9.17) is 16.7 Å². The highest BCUT2D eigenvalue weighted by Gasteiger charge is 2.07. The molecule has 0 atom stereocenters. The third-order valence-electron chi connectivity index (χ3n) is 2.35. The lowest BCUT2D eigenvalue weighted by atomic mass is 10.0. The van der Waals surface area contributed by atoms with Gasteiger partial charge in [0.2, 0.25) is 0 Å². The summed E-state index contributed by atoms with van der Waals surface area (Å²) in [5, 5.41) is 9.51. The van der Waals surface area contributed by atoms with Crippen LogP contribution in [0.3, 0.4) is 0 Å². The Bertz CT molecular complexity index is 561. The predicted molar refractivity (Wildman–Crippen MR) is 66.4 cm³/mol. The summed E-state index contributed by atoms with van der Waals surface area (Å²) >= 11 is 5.97. The normalized spacial score (nSPS) is 10.2. The van der Waals surface area contributed by atoms with Crippen LogP contribution in [-0.2, 0) is 0 Å². The average Bonchev–Trinajstić information content (AvgIpc) is 2.28. The molecule has 86 valence electrons. The van der Waals surface area contributed by atoms with Crippen LogP contribution in [0.15, 0.2) is 36.5 Å². The molecular formula is C13H10ClNO2. The van der Waals surface area contributed by atoms with Gasteiger partial charge >= 0.3 is 5.97 Å². The summed E-state index contributed by atoms with van der Waals surface area (Å²) in [4.78, 5) is 14.6. The summed E-state index contributed by atoms with van der Waals surface area (Å²) < 4.78 is 0. The number of hydrogen-bond acceptors (Lipinski definition) is 2. The van der Waals surface area contributed by atoms with Crippen molar-refractivity contribution < 1.29 is 9.90 Å². The number of benzene rings is 1. The third-order valence-corrected chi connectivity index (χ3v) is 2.57. The quantitative estimate of drug-likeness (QED) is 0.885. The molecule has 0 bridgehead atoms. The standard InChI is InChI=1S/C13H10ClNO2/c1-8-4-10(6-11(14)5-8)9-2-3-15-12(7-9)13(16)17/h2-7H,1H3,(H,16,17). The predicted octanol–water partition coefficient (Wildman–Crippen LogP) is 3.41. The van der Waals surface area contributed by atoms with Crippen molar-refractivity contribution in [3.63, 3.8) is 0 Å². The number of aromatic carboxylic acids is 1. The van der Waals surface area contributed by atoms with Crippen LogP contribution in [0.5, 0.6) is 0 Å². The first-order valence-corrected chi connectivity index (χ1v) is 5.41. The van der Waals surface area contributed by atoms with Crippen molar-refractivity contribution in [1.82, 2.24) is 4.98 Å². The van der Waals surface area contributed by atoms with E-state index in [-0.39, 0.29) is 5.69 Å². The number of nitrogens with zero attached hydrogens (tertiary/aromatic N) is 1. The molecule has 2 aromatic rings. The van der Waals surface area contributed by atoms with Crippen molar-refractivity contribution >= 4 is 17.6 Å². The largest absolute Gasteiger partial charge is 0.477 e. The lowest BCUT2D eigenvalue weighted by molar-refractivity contribution is 0.0690. The molecule has 1 N–H and O–H groups in total. The number of carbonyl (C=O) groups is 1. The summed E-state index contributed by atoms with van der Waals surface area (Å²) in [7, 11) is 0. The van der Waals surface area contributed by atoms with Gasteiger partial charge in [-0.3, -0.25) is 0 Å². The Morgan fingerprint density at radius 2 is 2.00 bits per heavy atom. The Balaban J connectivity index is 2.52. The van der Waals surface area contributed by atoms with E-state index >= 15 is 0 Å². The van der Waals surface area contributed by atoms with E-state index < -0.39 is 5.97 Å². The van der Waals surface area contributed by atoms with Crippen LogP contribution in [0.1, 0.15) is 16.1 Å². The monoisotopic (exact) mass is 247 g/mol. The first kappa shape index (κ1) is 11.6. The maximum atomic E-state index is 10.8. The topological polar surface area (TPSA) is 50.2 Å². The third kappa shape index (κ3) is 2.63. The lowest BCUT2D eigenvalue weighted by Crippen LogP contribution is -1.99. The second-order valence-electron chi connectivity index (χ2n) is 3.75. The van der Waals surface area contributed by atoms with Gasteiger partial charge in [-0.25, -0.2) is 9.78 Å². The highest BCUT2D eigenvalue weighted by atomic mass is 35.5. The van der Waals surface area contributed by atoms with Gasteiger partial charge in [0.15, 0.2) is 0 Å². The minimum atomic E-state index is -1.04. The molecule has 1 heterocycles. The van der Waals surface area contributed by atoms with Gasteiger partial charge in [-0.15, -0.1) is 0 Å². The number of carboxylic acids is 1. The van der Waals surface area contributed by atoms with Crippen molar-refractivity contribution in [2.24, 2.45) is 0 Å². The van der Waals surface area contributed by atoms with E-state index in [0.29, 0.717) is 5.02 Å². The summed E-state index contributed by atoms with van der Waals surface area (Å²) in [5.74, 6) is -1.04. The van der Waals surface area contributed by atoms with Gasteiger partial charge in [-0.2, -0.15) is 0 Å². The van der Waals surface area contributed by atoms with Crippen molar-refractivity contribution in [2.45, 2.75) is 6.92 Å². The zero-order valence-corrected chi connectivity index (χ0v) is 9.90. The molecular weight excluding hydrogens is 238 g/mol. The van der Waals surface area contributed by atoms with Crippen LogP contribution in [0.2, 0.25) is 5.02 Å². The minimum Gasteiger partial charge on any atom is -0.477 e. The van der Waals surface area contributed by atoms with E-state index in [1.807, 2.05) is 19.1 Å². The molecule has 0 spiro atoms. The van der Waals surface area contributed by atoms with Crippen LogP contribution < -0.4 is 0 Å². The fourth-order valence-electron chi connectivity index (χ4n) is 1.63. The molecule has 2 rings (SSSR count). The first-order chi connectivity index (χ1) is 8.06. The molecule has 0 fully saturated rings. The molecule has 0 radical (unpaired) electrons. The molecule has 0 saturated carbocycles. The maximum absolute atomic E-state index is 10.8. The Morgan fingerprint density at radius 1 is 1.24 bits per heavy atom. The first-order valence-electron chi connectivity index (χ1n) is 5.03. The zero-order chi connectivity index (χ0) is 12.4. The van der Waals surface area contributed by atoms with Crippen LogP contribution in [0, 0.1) is 6.92 Å². The highest BCUT2D eigenvalue weighted by molar-refractivity contribution is 6.31. The minimum absolute atomic E-state index is 0.0279. The number of rotatable bonds is 2. The van der Waals surface area contributed by atoms with E-state index in [1.165, 1.54) is 12.3 Å². The summed E-state index contributed by atoms with van der Waals surface area (Å²) in [6, 6.07) is 8.90. The fourth-order valence-corrected chi connectivity index (χ4v) is 1.92. The van der Waals surface area contributed by atoms with E-state index in [1.54, 1.807) is 12.1 Å². The van der Waals surface area contributed by atoms with Crippen LogP contribution in [-0.4, -0.2) is 16.1 Å². The van der Waals surface area contributed by atoms with Gasteiger partial charge in [0, 0.05) is 11.2 Å². The van der Waals surface area contributed by atoms with E-state index in [2.05, 4.69) is 4.98 Å². The van der Waals surface area contributed by atoms with Gasteiger partial charge in [0.05, 0.1) is 0 Å². The average molecular weight is 248 g/mol. The molecule has 0 unspecified atom stereocenters. The molecule has 0 amide bonds. The van der Waals surface area contributed by atoms with Gasteiger partial charge in [0.25, 0.3) is 0 Å². The molecule has 4 heteroatoms. The van der Waals surface area contributed by atoms with Crippen molar-refractivity contribution in [3.8, 4) is 11.1 Å². The number of carboxylic acid groups (broad SMARTS) is 1. The molecule has 1 aromatic heterocycles. The number of hydrogen-bond donors (Lipinski definition) is 1. The number of aromatic nitrogens is 1. The molecule has 0 aliphatic carbocycles. The Labute approximate surface area is 104 Å². The van der Waals surface area contributed by atoms with Crippen molar-refractivity contribution in [1.29, 1.82) is 0 Å².